The fourth-order valence-corrected chi connectivity index (χ4v) is 3.80. The number of nitrogens with one attached hydrogen (secondary N) is 1. The molecule has 0 fully saturated rings. The number of thiophene rings is 1. The molecule has 0 aliphatic rings. The van der Waals surface area contributed by atoms with Crippen LogP contribution in [0.1, 0.15) is 27.2 Å². The molecule has 0 spiro atoms. The van der Waals surface area contributed by atoms with E-state index in [1.54, 1.807) is 0 Å². The summed E-state index contributed by atoms with van der Waals surface area (Å²) in [6, 6.07) is 7.60. The van der Waals surface area contributed by atoms with Crippen LogP contribution in [0.25, 0.3) is 21.7 Å². The van der Waals surface area contributed by atoms with Gasteiger partial charge >= 0.3 is 0 Å². The van der Waals surface area contributed by atoms with Gasteiger partial charge in [-0.05, 0) is 36.1 Å². The highest BCUT2D eigenvalue weighted by molar-refractivity contribution is 7.19. The second-order valence-electron chi connectivity index (χ2n) is 6.66. The van der Waals surface area contributed by atoms with Crippen LogP contribution in [0.2, 0.25) is 4.34 Å². The van der Waals surface area contributed by atoms with Gasteiger partial charge in [-0.3, -0.25) is 10.00 Å². The van der Waals surface area contributed by atoms with Gasteiger partial charge in [-0.15, -0.1) is 11.3 Å². The monoisotopic (exact) mass is 390 g/mol. The van der Waals surface area contributed by atoms with Gasteiger partial charge in [0, 0.05) is 24.4 Å². The topological polar surface area (TPSA) is 56.8 Å². The Balaban J connectivity index is 2.06. The molecule has 1 N–H and O–H groups in total. The summed E-state index contributed by atoms with van der Waals surface area (Å²) in [5.41, 5.74) is 2.86. The molecule has 0 saturated heterocycles. The molecule has 0 aliphatic carbocycles. The van der Waals surface area contributed by atoms with Crippen molar-refractivity contribution in [2.24, 2.45) is 5.92 Å². The Bertz CT molecular complexity index is 888. The van der Waals surface area contributed by atoms with Gasteiger partial charge in [0.15, 0.2) is 0 Å². The molecule has 0 unspecified atom stereocenters. The van der Waals surface area contributed by atoms with Crippen molar-refractivity contribution in [3.63, 3.8) is 0 Å². The van der Waals surface area contributed by atoms with E-state index in [-0.39, 0.29) is 0 Å². The van der Waals surface area contributed by atoms with Gasteiger partial charge in [0.2, 0.25) is 0 Å². The number of nitrogens with zero attached hydrogens (tertiary/aromatic N) is 3. The maximum absolute atomic E-state index is 12.0. The third-order valence-electron chi connectivity index (χ3n) is 3.91. The van der Waals surface area contributed by atoms with Crippen molar-refractivity contribution in [2.45, 2.75) is 33.7 Å². The van der Waals surface area contributed by atoms with Crippen molar-refractivity contribution in [1.29, 1.82) is 0 Å². The second kappa shape index (κ2) is 8.10. The third-order valence-corrected chi connectivity index (χ3v) is 5.14. The molecule has 0 saturated carbocycles. The average molecular weight is 391 g/mol. The van der Waals surface area contributed by atoms with Gasteiger partial charge in [0.1, 0.15) is 5.69 Å². The number of anilines is 1. The number of hydrogen-bond acceptors (Lipinski definition) is 4. The van der Waals surface area contributed by atoms with Crippen molar-refractivity contribution in [2.75, 3.05) is 11.9 Å². The Morgan fingerprint density at radius 3 is 2.81 bits per heavy atom. The van der Waals surface area contributed by atoms with Gasteiger partial charge in [-0.2, -0.15) is 5.10 Å². The molecule has 3 rings (SSSR count). The summed E-state index contributed by atoms with van der Waals surface area (Å²) < 4.78 is 3.57. The minimum Gasteiger partial charge on any atom is -0.711 e. The highest BCUT2D eigenvalue weighted by Crippen LogP contribution is 2.37. The smallest absolute Gasteiger partial charge is 0.278 e. The Morgan fingerprint density at radius 2 is 2.15 bits per heavy atom. The molecule has 7 heteroatoms. The Morgan fingerprint density at radius 1 is 1.35 bits per heavy atom. The van der Waals surface area contributed by atoms with Crippen LogP contribution in [-0.4, -0.2) is 16.3 Å². The molecule has 0 atom stereocenters. The van der Waals surface area contributed by atoms with E-state index in [9.17, 15) is 5.21 Å². The fraction of sp³-hybridized carbons (Fsp3) is 0.368. The lowest BCUT2D eigenvalue weighted by Gasteiger charge is -2.10. The van der Waals surface area contributed by atoms with E-state index in [0.717, 1.165) is 50.3 Å². The fourth-order valence-electron chi connectivity index (χ4n) is 2.76. The number of hydrogen-bond donors (Lipinski definition) is 1. The summed E-state index contributed by atoms with van der Waals surface area (Å²) in [7, 11) is 0. The van der Waals surface area contributed by atoms with Crippen molar-refractivity contribution in [3.05, 3.63) is 46.2 Å². The van der Waals surface area contributed by atoms with Crippen LogP contribution in [0, 0.1) is 11.1 Å². The van der Waals surface area contributed by atoms with E-state index in [1.165, 1.54) is 17.5 Å². The summed E-state index contributed by atoms with van der Waals surface area (Å²) >= 11 is 7.64. The number of rotatable bonds is 7. The molecule has 3 aromatic rings. The first-order valence-electron chi connectivity index (χ1n) is 8.78. The van der Waals surface area contributed by atoms with Crippen LogP contribution in [0.15, 0.2) is 36.7 Å². The maximum atomic E-state index is 12.0. The van der Waals surface area contributed by atoms with Gasteiger partial charge in [-0.25, -0.2) is 4.73 Å². The molecule has 0 amide bonds. The van der Waals surface area contributed by atoms with Crippen LogP contribution in [0.4, 0.5) is 5.82 Å². The summed E-state index contributed by atoms with van der Waals surface area (Å²) in [5.74, 6) is 1.04. The van der Waals surface area contributed by atoms with Crippen molar-refractivity contribution in [3.8, 4) is 21.7 Å². The van der Waals surface area contributed by atoms with Crippen LogP contribution < -0.4 is 10.0 Å². The van der Waals surface area contributed by atoms with E-state index >= 15 is 0 Å². The quantitative estimate of drug-likeness (QED) is 0.454. The largest absolute Gasteiger partial charge is 0.711 e. The highest BCUT2D eigenvalue weighted by Gasteiger charge is 2.17. The van der Waals surface area contributed by atoms with Crippen molar-refractivity contribution in [1.82, 2.24) is 9.78 Å². The maximum Gasteiger partial charge on any atom is 0.278 e. The highest BCUT2D eigenvalue weighted by atomic mass is 35.5. The normalized spacial score (nSPS) is 11.3. The lowest BCUT2D eigenvalue weighted by molar-refractivity contribution is -0.590. The SMILES string of the molecule is CCCNc1cc(-c2cn(CC(C)C)nc2-c2ccc(Cl)s2)cc[n+]1[O-]. The van der Waals surface area contributed by atoms with Crippen LogP contribution >= 0.6 is 22.9 Å². The summed E-state index contributed by atoms with van der Waals surface area (Å²) in [6.07, 6.45) is 4.55. The van der Waals surface area contributed by atoms with Crippen molar-refractivity contribution < 1.29 is 4.73 Å². The zero-order valence-corrected chi connectivity index (χ0v) is 16.8. The first-order chi connectivity index (χ1) is 12.5. The zero-order chi connectivity index (χ0) is 18.7. The Kier molecular flexibility index (Phi) is 5.84. The first-order valence-corrected chi connectivity index (χ1v) is 9.98. The minimum atomic E-state index is 0.490. The Labute approximate surface area is 162 Å². The first kappa shape index (κ1) is 18.7. The van der Waals surface area contributed by atoms with E-state index in [4.69, 9.17) is 16.7 Å². The van der Waals surface area contributed by atoms with Crippen molar-refractivity contribution >= 4 is 28.8 Å². The molecule has 138 valence electrons. The average Bonchev–Trinajstić information content (AvgIpc) is 3.20. The van der Waals surface area contributed by atoms with Gasteiger partial charge in [0.25, 0.3) is 5.82 Å². The molecule has 26 heavy (non-hydrogen) atoms. The zero-order valence-electron chi connectivity index (χ0n) is 15.2. The molecule has 3 aromatic heterocycles. The molecule has 0 aromatic carbocycles. The second-order valence-corrected chi connectivity index (χ2v) is 8.38. The van der Waals surface area contributed by atoms with E-state index < -0.39 is 0 Å². The van der Waals surface area contributed by atoms with Crippen LogP contribution in [0.5, 0.6) is 0 Å². The number of aromatic nitrogens is 3. The summed E-state index contributed by atoms with van der Waals surface area (Å²) in [5, 5.41) is 20.0. The molecule has 0 bridgehead atoms. The molecule has 0 aliphatic heterocycles. The van der Waals surface area contributed by atoms with E-state index in [2.05, 4.69) is 32.3 Å². The molecule has 3 heterocycles. The number of pyridine rings is 1. The number of halogens is 1. The van der Waals surface area contributed by atoms with Gasteiger partial charge < -0.3 is 5.21 Å². The molecule has 5 nitrogen and oxygen atoms in total. The predicted octanol–water partition coefficient (Wildman–Crippen LogP) is 5.04. The lowest BCUT2D eigenvalue weighted by Crippen LogP contribution is -2.30. The summed E-state index contributed by atoms with van der Waals surface area (Å²) in [4.78, 5) is 1.02. The standard InChI is InChI=1S/C19H23ClN4OS/c1-4-8-21-18-10-14(7-9-24(18)25)15-12-23(11-13(2)3)22-19(15)16-5-6-17(20)26-16/h5-7,9-10,12-13,21H,4,8,11H2,1-3H3. The van der Waals surface area contributed by atoms with E-state index in [1.807, 2.05) is 28.9 Å². The van der Waals surface area contributed by atoms with E-state index in [0.29, 0.717) is 11.7 Å². The third kappa shape index (κ3) is 4.19. The van der Waals surface area contributed by atoms with Gasteiger partial charge in [0.05, 0.1) is 22.0 Å². The summed E-state index contributed by atoms with van der Waals surface area (Å²) in [6.45, 7) is 7.99. The minimum absolute atomic E-state index is 0.490. The van der Waals surface area contributed by atoms with Gasteiger partial charge in [-0.1, -0.05) is 32.4 Å². The molecular weight excluding hydrogens is 368 g/mol. The van der Waals surface area contributed by atoms with Crippen LogP contribution in [0.3, 0.4) is 0 Å². The predicted molar refractivity (Wildman–Crippen MR) is 109 cm³/mol. The molecular formula is C19H23ClN4OS. The van der Waals surface area contributed by atoms with Crippen LogP contribution in [-0.2, 0) is 6.54 Å². The molecule has 0 radical (unpaired) electrons. The Hall–Kier alpha value is -2.05. The lowest BCUT2D eigenvalue weighted by atomic mass is 10.1.